The standard InChI is InChI=1S/C9H11NO2.C5H11N.2C2H6/c1-7(11)2-3-8-4-5-10-9(12)6-8;1-6-5-3-2-4-5;2*1-2/h4-6H,2-3H2,1H3,(H,10,12);5-6H,2-4H2,1H3;2*1-2H3. The summed E-state index contributed by atoms with van der Waals surface area (Å²) in [6.07, 6.45) is 6.99. The summed E-state index contributed by atoms with van der Waals surface area (Å²) in [5.74, 6) is 0.148. The lowest BCUT2D eigenvalue weighted by Crippen LogP contribution is -2.31. The van der Waals surface area contributed by atoms with Gasteiger partial charge in [-0.3, -0.25) is 4.79 Å². The van der Waals surface area contributed by atoms with E-state index in [1.54, 1.807) is 13.1 Å². The van der Waals surface area contributed by atoms with Crippen molar-refractivity contribution in [2.45, 2.75) is 72.8 Å². The molecule has 0 aromatic carbocycles. The van der Waals surface area contributed by atoms with Crippen LogP contribution in [0.15, 0.2) is 23.1 Å². The lowest BCUT2D eigenvalue weighted by Gasteiger charge is -2.23. The zero-order valence-electron chi connectivity index (χ0n) is 15.2. The summed E-state index contributed by atoms with van der Waals surface area (Å²) in [6.45, 7) is 9.55. The van der Waals surface area contributed by atoms with Gasteiger partial charge in [0, 0.05) is 24.7 Å². The predicted octanol–water partition coefficient (Wildman–Crippen LogP) is 3.71. The third kappa shape index (κ3) is 12.3. The highest BCUT2D eigenvalue weighted by atomic mass is 16.1. The molecule has 128 valence electrons. The van der Waals surface area contributed by atoms with Gasteiger partial charge in [-0.05, 0) is 44.9 Å². The number of hydrogen-bond donors (Lipinski definition) is 2. The molecule has 4 heteroatoms. The number of aromatic nitrogens is 1. The first-order valence-electron chi connectivity index (χ1n) is 8.46. The van der Waals surface area contributed by atoms with Gasteiger partial charge in [0.25, 0.3) is 0 Å². The molecule has 0 bridgehead atoms. The first kappa shape index (κ1) is 22.9. The second-order valence-electron chi connectivity index (χ2n) is 4.68. The first-order valence-corrected chi connectivity index (χ1v) is 8.46. The smallest absolute Gasteiger partial charge is 0.248 e. The van der Waals surface area contributed by atoms with Crippen molar-refractivity contribution in [3.05, 3.63) is 34.2 Å². The fraction of sp³-hybridized carbons (Fsp3) is 0.667. The van der Waals surface area contributed by atoms with Gasteiger partial charge in [-0.1, -0.05) is 34.1 Å². The van der Waals surface area contributed by atoms with Crippen molar-refractivity contribution >= 4 is 5.78 Å². The molecular formula is C18H34N2O2. The first-order chi connectivity index (χ1) is 10.6. The highest BCUT2D eigenvalue weighted by molar-refractivity contribution is 5.75. The van der Waals surface area contributed by atoms with E-state index in [2.05, 4.69) is 10.3 Å². The number of carbonyl (C=O) groups is 1. The molecule has 4 nitrogen and oxygen atoms in total. The third-order valence-electron chi connectivity index (χ3n) is 3.12. The fourth-order valence-electron chi connectivity index (χ4n) is 1.66. The molecule has 1 heterocycles. The van der Waals surface area contributed by atoms with E-state index in [-0.39, 0.29) is 11.3 Å². The van der Waals surface area contributed by atoms with E-state index in [1.165, 1.54) is 25.3 Å². The lowest BCUT2D eigenvalue weighted by molar-refractivity contribution is -0.116. The molecule has 1 aliphatic carbocycles. The monoisotopic (exact) mass is 310 g/mol. The quantitative estimate of drug-likeness (QED) is 0.891. The molecule has 1 aromatic heterocycles. The molecule has 0 amide bonds. The summed E-state index contributed by atoms with van der Waals surface area (Å²) < 4.78 is 0. The predicted molar refractivity (Wildman–Crippen MR) is 95.5 cm³/mol. The second-order valence-corrected chi connectivity index (χ2v) is 4.68. The Kier molecular flexibility index (Phi) is 16.6. The van der Waals surface area contributed by atoms with E-state index in [0.717, 1.165) is 11.6 Å². The molecule has 0 saturated heterocycles. The molecule has 2 N–H and O–H groups in total. The van der Waals surface area contributed by atoms with Crippen LogP contribution in [0.3, 0.4) is 0 Å². The van der Waals surface area contributed by atoms with E-state index in [4.69, 9.17) is 0 Å². The van der Waals surface area contributed by atoms with Crippen molar-refractivity contribution in [2.75, 3.05) is 7.05 Å². The van der Waals surface area contributed by atoms with Crippen LogP contribution in [-0.2, 0) is 11.2 Å². The number of Topliss-reactive ketones (excluding diaryl/α,β-unsaturated/α-hetero) is 1. The van der Waals surface area contributed by atoms with E-state index < -0.39 is 0 Å². The maximum absolute atomic E-state index is 10.8. The Labute approximate surface area is 135 Å². The minimum absolute atomic E-state index is 0.115. The highest BCUT2D eigenvalue weighted by Gasteiger charge is 2.13. The molecule has 22 heavy (non-hydrogen) atoms. The number of pyridine rings is 1. The number of rotatable bonds is 4. The molecule has 0 aliphatic heterocycles. The van der Waals surface area contributed by atoms with Gasteiger partial charge in [0.1, 0.15) is 5.78 Å². The number of ketones is 1. The van der Waals surface area contributed by atoms with Crippen LogP contribution >= 0.6 is 0 Å². The Bertz CT molecular complexity index is 420. The molecular weight excluding hydrogens is 276 g/mol. The SMILES string of the molecule is CC.CC.CC(=O)CCc1cc[nH]c(=O)c1.CNC1CCC1. The van der Waals surface area contributed by atoms with E-state index in [1.807, 2.05) is 40.8 Å². The molecule has 0 spiro atoms. The average molecular weight is 310 g/mol. The molecule has 1 aliphatic rings. The van der Waals surface area contributed by atoms with Gasteiger partial charge in [0.2, 0.25) is 5.56 Å². The van der Waals surface area contributed by atoms with E-state index >= 15 is 0 Å². The molecule has 1 saturated carbocycles. The Hall–Kier alpha value is -1.42. The van der Waals surface area contributed by atoms with Gasteiger partial charge in [0.15, 0.2) is 0 Å². The van der Waals surface area contributed by atoms with Crippen LogP contribution in [0.1, 0.15) is 65.9 Å². The number of H-pyrrole nitrogens is 1. The van der Waals surface area contributed by atoms with Gasteiger partial charge in [0.05, 0.1) is 0 Å². The minimum Gasteiger partial charge on any atom is -0.329 e. The van der Waals surface area contributed by atoms with Crippen LogP contribution in [0.25, 0.3) is 0 Å². The third-order valence-corrected chi connectivity index (χ3v) is 3.12. The molecule has 0 radical (unpaired) electrons. The molecule has 2 rings (SSSR count). The van der Waals surface area contributed by atoms with E-state index in [9.17, 15) is 9.59 Å². The summed E-state index contributed by atoms with van der Waals surface area (Å²) in [7, 11) is 2.03. The zero-order chi connectivity index (χ0) is 17.4. The maximum Gasteiger partial charge on any atom is 0.248 e. The van der Waals surface area contributed by atoms with Crippen molar-refractivity contribution in [1.29, 1.82) is 0 Å². The molecule has 1 aromatic rings. The fourth-order valence-corrected chi connectivity index (χ4v) is 1.66. The summed E-state index contributed by atoms with van der Waals surface area (Å²) in [4.78, 5) is 23.9. The number of nitrogens with one attached hydrogen (secondary N) is 2. The molecule has 0 unspecified atom stereocenters. The van der Waals surface area contributed by atoms with Crippen LogP contribution in [0, 0.1) is 0 Å². The molecule has 1 fully saturated rings. The van der Waals surface area contributed by atoms with Gasteiger partial charge >= 0.3 is 0 Å². The van der Waals surface area contributed by atoms with Gasteiger partial charge < -0.3 is 15.1 Å². The van der Waals surface area contributed by atoms with Gasteiger partial charge in [-0.25, -0.2) is 0 Å². The summed E-state index contributed by atoms with van der Waals surface area (Å²) >= 11 is 0. The maximum atomic E-state index is 10.8. The lowest BCUT2D eigenvalue weighted by atomic mass is 9.94. The van der Waals surface area contributed by atoms with Crippen LogP contribution < -0.4 is 10.9 Å². The number of carbonyl (C=O) groups excluding carboxylic acids is 1. The van der Waals surface area contributed by atoms with Crippen molar-refractivity contribution in [1.82, 2.24) is 10.3 Å². The largest absolute Gasteiger partial charge is 0.329 e. The second kappa shape index (κ2) is 16.0. The Morgan fingerprint density at radius 1 is 1.27 bits per heavy atom. The molecule has 0 atom stereocenters. The topological polar surface area (TPSA) is 62.0 Å². The zero-order valence-corrected chi connectivity index (χ0v) is 15.2. The Morgan fingerprint density at radius 2 is 1.86 bits per heavy atom. The van der Waals surface area contributed by atoms with Crippen molar-refractivity contribution in [3.63, 3.8) is 0 Å². The number of hydrogen-bond acceptors (Lipinski definition) is 3. The van der Waals surface area contributed by atoms with Crippen molar-refractivity contribution < 1.29 is 4.79 Å². The summed E-state index contributed by atoms with van der Waals surface area (Å²) in [5, 5.41) is 3.20. The summed E-state index contributed by atoms with van der Waals surface area (Å²) in [5.41, 5.74) is 0.796. The summed E-state index contributed by atoms with van der Waals surface area (Å²) in [6, 6.07) is 4.19. The van der Waals surface area contributed by atoms with Crippen molar-refractivity contribution in [2.24, 2.45) is 0 Å². The number of aryl methyl sites for hydroxylation is 1. The van der Waals surface area contributed by atoms with Crippen LogP contribution in [0.5, 0.6) is 0 Å². The van der Waals surface area contributed by atoms with E-state index in [0.29, 0.717) is 12.8 Å². The van der Waals surface area contributed by atoms with Gasteiger partial charge in [-0.2, -0.15) is 0 Å². The van der Waals surface area contributed by atoms with Gasteiger partial charge in [-0.15, -0.1) is 0 Å². The Morgan fingerprint density at radius 3 is 2.18 bits per heavy atom. The number of aromatic amines is 1. The van der Waals surface area contributed by atoms with Crippen LogP contribution in [0.2, 0.25) is 0 Å². The van der Waals surface area contributed by atoms with Crippen molar-refractivity contribution in [3.8, 4) is 0 Å². The highest BCUT2D eigenvalue weighted by Crippen LogP contribution is 2.16. The van der Waals surface area contributed by atoms with Crippen LogP contribution in [-0.4, -0.2) is 23.9 Å². The Balaban J connectivity index is 0. The van der Waals surface area contributed by atoms with Crippen LogP contribution in [0.4, 0.5) is 0 Å². The normalized spacial score (nSPS) is 12.3. The average Bonchev–Trinajstić information content (AvgIpc) is 2.49. The minimum atomic E-state index is -0.115.